The van der Waals surface area contributed by atoms with Crippen LogP contribution >= 0.6 is 22.6 Å². The molecule has 1 heterocycles. The first kappa shape index (κ1) is 18.8. The molecule has 0 saturated carbocycles. The Hall–Kier alpha value is -1.51. The molecule has 6 nitrogen and oxygen atoms in total. The number of hydrogen-bond acceptors (Lipinski definition) is 3. The Morgan fingerprint density at radius 1 is 1.25 bits per heavy atom. The van der Waals surface area contributed by atoms with Crippen LogP contribution in [-0.4, -0.2) is 53.2 Å². The number of piperazine rings is 1. The lowest BCUT2D eigenvalue weighted by Crippen LogP contribution is -2.57. The second kappa shape index (κ2) is 7.58. The number of hydrogen-bond donors (Lipinski definition) is 1. The smallest absolute Gasteiger partial charge is 0.410 e. The molecule has 1 saturated heterocycles. The van der Waals surface area contributed by atoms with Gasteiger partial charge in [0.25, 0.3) is 0 Å². The minimum absolute atomic E-state index is 0.0887. The van der Waals surface area contributed by atoms with E-state index in [0.717, 1.165) is 9.26 Å². The highest BCUT2D eigenvalue weighted by Crippen LogP contribution is 2.19. The van der Waals surface area contributed by atoms with Gasteiger partial charge in [-0.05, 0) is 62.4 Å². The van der Waals surface area contributed by atoms with Gasteiger partial charge in [-0.1, -0.05) is 12.1 Å². The summed E-state index contributed by atoms with van der Waals surface area (Å²) in [7, 11) is 0. The summed E-state index contributed by atoms with van der Waals surface area (Å²) < 4.78 is 6.41. The van der Waals surface area contributed by atoms with E-state index in [0.29, 0.717) is 19.6 Å². The second-order valence-electron chi connectivity index (χ2n) is 6.88. The number of rotatable bonds is 1. The van der Waals surface area contributed by atoms with Gasteiger partial charge in [-0.3, -0.25) is 0 Å². The first-order valence-corrected chi connectivity index (χ1v) is 9.05. The second-order valence-corrected chi connectivity index (χ2v) is 8.04. The number of anilines is 1. The van der Waals surface area contributed by atoms with E-state index in [1.54, 1.807) is 9.80 Å². The van der Waals surface area contributed by atoms with Crippen LogP contribution in [0.1, 0.15) is 27.7 Å². The van der Waals surface area contributed by atoms with Crippen molar-refractivity contribution in [3.05, 3.63) is 27.8 Å². The number of carbonyl (C=O) groups is 2. The lowest BCUT2D eigenvalue weighted by Gasteiger charge is -2.40. The fourth-order valence-electron chi connectivity index (χ4n) is 2.49. The van der Waals surface area contributed by atoms with Gasteiger partial charge in [-0.2, -0.15) is 0 Å². The van der Waals surface area contributed by atoms with Crippen molar-refractivity contribution in [1.82, 2.24) is 9.80 Å². The molecule has 7 heteroatoms. The highest BCUT2D eigenvalue weighted by Gasteiger charge is 2.32. The van der Waals surface area contributed by atoms with Gasteiger partial charge in [-0.15, -0.1) is 0 Å². The standard InChI is InChI=1S/C17H24IN3O3/c1-12-11-20(9-10-21(12)16(23)24-17(2,3)4)15(22)19-14-8-6-5-7-13(14)18/h5-8,12H,9-11H2,1-4H3,(H,19,22)/t12-/m0/s1. The van der Waals surface area contributed by atoms with Gasteiger partial charge in [0.1, 0.15) is 5.60 Å². The largest absolute Gasteiger partial charge is 0.444 e. The molecule has 1 fully saturated rings. The number of para-hydroxylation sites is 1. The molecule has 0 aliphatic carbocycles. The molecular formula is C17H24IN3O3. The summed E-state index contributed by atoms with van der Waals surface area (Å²) >= 11 is 2.19. The molecule has 1 aliphatic rings. The van der Waals surface area contributed by atoms with Crippen LogP contribution in [-0.2, 0) is 4.74 Å². The molecule has 1 aliphatic heterocycles. The van der Waals surface area contributed by atoms with Crippen molar-refractivity contribution in [3.63, 3.8) is 0 Å². The highest BCUT2D eigenvalue weighted by molar-refractivity contribution is 14.1. The number of urea groups is 1. The molecular weight excluding hydrogens is 421 g/mol. The lowest BCUT2D eigenvalue weighted by molar-refractivity contribution is 0.00589. The van der Waals surface area contributed by atoms with Crippen molar-refractivity contribution < 1.29 is 14.3 Å². The molecule has 24 heavy (non-hydrogen) atoms. The number of carbonyl (C=O) groups excluding carboxylic acids is 2. The Morgan fingerprint density at radius 2 is 1.92 bits per heavy atom. The lowest BCUT2D eigenvalue weighted by atomic mass is 10.2. The summed E-state index contributed by atoms with van der Waals surface area (Å²) in [5, 5.41) is 2.93. The Balaban J connectivity index is 1.94. The maximum atomic E-state index is 12.4. The van der Waals surface area contributed by atoms with E-state index in [1.807, 2.05) is 52.0 Å². The average Bonchev–Trinajstić information content (AvgIpc) is 2.47. The molecule has 1 aromatic carbocycles. The van der Waals surface area contributed by atoms with Gasteiger partial charge in [0.05, 0.1) is 5.69 Å². The van der Waals surface area contributed by atoms with E-state index in [-0.39, 0.29) is 18.2 Å². The van der Waals surface area contributed by atoms with Crippen LogP contribution in [0.4, 0.5) is 15.3 Å². The summed E-state index contributed by atoms with van der Waals surface area (Å²) in [6.45, 7) is 8.90. The molecule has 0 bridgehead atoms. The van der Waals surface area contributed by atoms with Crippen molar-refractivity contribution >= 4 is 40.4 Å². The van der Waals surface area contributed by atoms with E-state index in [2.05, 4.69) is 27.9 Å². The van der Waals surface area contributed by atoms with Crippen LogP contribution in [0, 0.1) is 3.57 Å². The Labute approximate surface area is 156 Å². The zero-order valence-electron chi connectivity index (χ0n) is 14.5. The molecule has 0 aromatic heterocycles. The SMILES string of the molecule is C[C@H]1CN(C(=O)Nc2ccccc2I)CCN1C(=O)OC(C)(C)C. The molecule has 1 N–H and O–H groups in total. The van der Waals surface area contributed by atoms with Gasteiger partial charge >= 0.3 is 12.1 Å². The van der Waals surface area contributed by atoms with Crippen LogP contribution in [0.2, 0.25) is 0 Å². The van der Waals surface area contributed by atoms with Gasteiger partial charge in [0, 0.05) is 29.2 Å². The van der Waals surface area contributed by atoms with Crippen LogP contribution in [0.25, 0.3) is 0 Å². The van der Waals surface area contributed by atoms with Crippen molar-refractivity contribution in [1.29, 1.82) is 0 Å². The van der Waals surface area contributed by atoms with E-state index in [9.17, 15) is 9.59 Å². The predicted molar refractivity (Wildman–Crippen MR) is 102 cm³/mol. The third kappa shape index (κ3) is 4.99. The average molecular weight is 445 g/mol. The molecule has 0 unspecified atom stereocenters. The van der Waals surface area contributed by atoms with E-state index in [4.69, 9.17) is 4.74 Å². The summed E-state index contributed by atoms with van der Waals surface area (Å²) in [6.07, 6.45) is -0.326. The topological polar surface area (TPSA) is 61.9 Å². The number of nitrogens with zero attached hydrogens (tertiary/aromatic N) is 2. The maximum Gasteiger partial charge on any atom is 0.410 e. The molecule has 3 amide bonds. The van der Waals surface area contributed by atoms with Gasteiger partial charge in [-0.25, -0.2) is 9.59 Å². The number of benzene rings is 1. The summed E-state index contributed by atoms with van der Waals surface area (Å²) in [6, 6.07) is 7.41. The number of amides is 3. The fourth-order valence-corrected chi connectivity index (χ4v) is 3.01. The molecule has 132 valence electrons. The van der Waals surface area contributed by atoms with Crippen LogP contribution in [0.15, 0.2) is 24.3 Å². The molecule has 1 atom stereocenters. The fraction of sp³-hybridized carbons (Fsp3) is 0.529. The number of nitrogens with one attached hydrogen (secondary N) is 1. The third-order valence-electron chi connectivity index (χ3n) is 3.66. The molecule has 0 spiro atoms. The Kier molecular flexibility index (Phi) is 5.95. The van der Waals surface area contributed by atoms with E-state index in [1.165, 1.54) is 0 Å². The van der Waals surface area contributed by atoms with Gasteiger partial charge in [0.2, 0.25) is 0 Å². The normalized spacial score (nSPS) is 18.3. The van der Waals surface area contributed by atoms with Crippen LogP contribution < -0.4 is 5.32 Å². The first-order chi connectivity index (χ1) is 11.2. The molecule has 1 aromatic rings. The number of halogens is 1. The van der Waals surface area contributed by atoms with Gasteiger partial charge < -0.3 is 19.9 Å². The molecule has 2 rings (SSSR count). The monoisotopic (exact) mass is 445 g/mol. The minimum Gasteiger partial charge on any atom is -0.444 e. The van der Waals surface area contributed by atoms with Crippen molar-refractivity contribution in [2.75, 3.05) is 25.0 Å². The minimum atomic E-state index is -0.519. The zero-order valence-corrected chi connectivity index (χ0v) is 16.7. The highest BCUT2D eigenvalue weighted by atomic mass is 127. The number of ether oxygens (including phenoxy) is 1. The van der Waals surface area contributed by atoms with Crippen molar-refractivity contribution in [2.45, 2.75) is 39.3 Å². The summed E-state index contributed by atoms with van der Waals surface area (Å²) in [5.41, 5.74) is 0.278. The van der Waals surface area contributed by atoms with Crippen LogP contribution in [0.3, 0.4) is 0 Å². The van der Waals surface area contributed by atoms with E-state index >= 15 is 0 Å². The zero-order chi connectivity index (χ0) is 17.9. The first-order valence-electron chi connectivity index (χ1n) is 7.97. The Morgan fingerprint density at radius 3 is 2.50 bits per heavy atom. The quantitative estimate of drug-likeness (QED) is 0.670. The van der Waals surface area contributed by atoms with Crippen molar-refractivity contribution in [3.8, 4) is 0 Å². The third-order valence-corrected chi connectivity index (χ3v) is 4.60. The van der Waals surface area contributed by atoms with Crippen molar-refractivity contribution in [2.24, 2.45) is 0 Å². The van der Waals surface area contributed by atoms with Crippen LogP contribution in [0.5, 0.6) is 0 Å². The van der Waals surface area contributed by atoms with E-state index < -0.39 is 5.60 Å². The predicted octanol–water partition coefficient (Wildman–Crippen LogP) is 3.76. The van der Waals surface area contributed by atoms with Gasteiger partial charge in [0.15, 0.2) is 0 Å². The molecule has 0 radical (unpaired) electrons. The maximum absolute atomic E-state index is 12.4. The summed E-state index contributed by atoms with van der Waals surface area (Å²) in [4.78, 5) is 28.1. The Bertz CT molecular complexity index is 615. The summed E-state index contributed by atoms with van der Waals surface area (Å²) in [5.74, 6) is 0.